The van der Waals surface area contributed by atoms with E-state index in [2.05, 4.69) is 21.0 Å². The third-order valence-corrected chi connectivity index (χ3v) is 4.41. The second-order valence-corrected chi connectivity index (χ2v) is 6.56. The number of nitrogens with zero attached hydrogens (tertiary/aromatic N) is 2. The minimum absolute atomic E-state index is 0.165. The highest BCUT2D eigenvalue weighted by atomic mass is 32.2. The predicted molar refractivity (Wildman–Crippen MR) is 70.7 cm³/mol. The molecule has 98 valence electrons. The number of aromatic nitrogens is 2. The summed E-state index contributed by atoms with van der Waals surface area (Å²) >= 11 is 1.05. The Morgan fingerprint density at radius 2 is 1.94 bits per heavy atom. The molecular formula is C10H19N3O2S2. The van der Waals surface area contributed by atoms with E-state index in [1.807, 2.05) is 0 Å². The van der Waals surface area contributed by atoms with Crippen molar-refractivity contribution in [1.29, 1.82) is 0 Å². The van der Waals surface area contributed by atoms with Crippen molar-refractivity contribution in [3.05, 3.63) is 6.33 Å². The fraction of sp³-hybridized carbons (Fsp3) is 0.800. The van der Waals surface area contributed by atoms with Gasteiger partial charge in [0.15, 0.2) is 0 Å². The lowest BCUT2D eigenvalue weighted by Gasteiger charge is -2.04. The second kappa shape index (κ2) is 7.60. The molecule has 1 aromatic rings. The zero-order chi connectivity index (χ0) is 12.6. The van der Waals surface area contributed by atoms with E-state index in [0.29, 0.717) is 11.6 Å². The van der Waals surface area contributed by atoms with Crippen LogP contribution in [-0.4, -0.2) is 23.5 Å². The van der Waals surface area contributed by atoms with Gasteiger partial charge in [0.05, 0.1) is 5.75 Å². The number of sulfonamides is 1. The average Bonchev–Trinajstić information content (AvgIpc) is 2.75. The molecular weight excluding hydrogens is 258 g/mol. The van der Waals surface area contributed by atoms with E-state index in [1.165, 1.54) is 25.6 Å². The molecule has 5 nitrogen and oxygen atoms in total. The molecule has 1 aromatic heterocycles. The van der Waals surface area contributed by atoms with Crippen molar-refractivity contribution in [3.63, 3.8) is 0 Å². The summed E-state index contributed by atoms with van der Waals surface area (Å²) in [5, 5.41) is 0.344. The summed E-state index contributed by atoms with van der Waals surface area (Å²) in [5.74, 6) is 0.165. The molecule has 0 amide bonds. The quantitative estimate of drug-likeness (QED) is 0.704. The second-order valence-electron chi connectivity index (χ2n) is 3.94. The summed E-state index contributed by atoms with van der Waals surface area (Å²) in [6, 6.07) is 0. The zero-order valence-corrected chi connectivity index (χ0v) is 11.7. The maximum Gasteiger partial charge on any atom is 0.234 e. The molecule has 0 fully saturated rings. The zero-order valence-electron chi connectivity index (χ0n) is 10.1. The molecule has 0 radical (unpaired) electrons. The Bertz CT molecular complexity index is 390. The van der Waals surface area contributed by atoms with Crippen LogP contribution in [-0.2, 0) is 10.0 Å². The SMILES string of the molecule is CCCCCCCCS(=O)(=O)Nc1ncns1. The van der Waals surface area contributed by atoms with E-state index in [0.717, 1.165) is 24.4 Å². The lowest BCUT2D eigenvalue weighted by Crippen LogP contribution is -2.16. The molecule has 7 heteroatoms. The van der Waals surface area contributed by atoms with Gasteiger partial charge in [-0.05, 0) is 6.42 Å². The van der Waals surface area contributed by atoms with Crippen molar-refractivity contribution in [1.82, 2.24) is 9.36 Å². The van der Waals surface area contributed by atoms with Crippen LogP contribution >= 0.6 is 11.5 Å². The summed E-state index contributed by atoms with van der Waals surface area (Å²) in [6.45, 7) is 2.16. The third kappa shape index (κ3) is 6.58. The highest BCUT2D eigenvalue weighted by Crippen LogP contribution is 2.11. The van der Waals surface area contributed by atoms with Gasteiger partial charge in [-0.25, -0.2) is 13.4 Å². The van der Waals surface area contributed by atoms with Gasteiger partial charge in [-0.1, -0.05) is 39.0 Å². The van der Waals surface area contributed by atoms with Crippen LogP contribution in [0.3, 0.4) is 0 Å². The van der Waals surface area contributed by atoms with Crippen molar-refractivity contribution < 1.29 is 8.42 Å². The lowest BCUT2D eigenvalue weighted by molar-refractivity contribution is 0.588. The lowest BCUT2D eigenvalue weighted by atomic mass is 10.1. The molecule has 0 spiro atoms. The molecule has 0 aromatic carbocycles. The van der Waals surface area contributed by atoms with Crippen LogP contribution in [0.25, 0.3) is 0 Å². The smallest absolute Gasteiger partial charge is 0.234 e. The first kappa shape index (κ1) is 14.4. The Morgan fingerprint density at radius 3 is 2.59 bits per heavy atom. The van der Waals surface area contributed by atoms with E-state index in [-0.39, 0.29) is 5.75 Å². The number of unbranched alkanes of at least 4 members (excludes halogenated alkanes) is 5. The largest absolute Gasteiger partial charge is 0.257 e. The average molecular weight is 277 g/mol. The molecule has 0 aliphatic heterocycles. The van der Waals surface area contributed by atoms with Gasteiger partial charge in [0.25, 0.3) is 0 Å². The third-order valence-electron chi connectivity index (χ3n) is 2.37. The summed E-state index contributed by atoms with van der Waals surface area (Å²) < 4.78 is 29.4. The van der Waals surface area contributed by atoms with Crippen LogP contribution in [0.2, 0.25) is 0 Å². The highest BCUT2D eigenvalue weighted by Gasteiger charge is 2.11. The molecule has 1 rings (SSSR count). The van der Waals surface area contributed by atoms with Crippen molar-refractivity contribution in [2.24, 2.45) is 0 Å². The molecule has 0 saturated carbocycles. The van der Waals surface area contributed by atoms with E-state index >= 15 is 0 Å². The fourth-order valence-corrected chi connectivity index (χ4v) is 3.30. The first-order chi connectivity index (χ1) is 8.14. The van der Waals surface area contributed by atoms with Gasteiger partial charge in [-0.15, -0.1) is 0 Å². The van der Waals surface area contributed by atoms with Crippen LogP contribution in [0.4, 0.5) is 5.13 Å². The van der Waals surface area contributed by atoms with Crippen molar-refractivity contribution in [2.75, 3.05) is 10.5 Å². The van der Waals surface area contributed by atoms with Gasteiger partial charge in [-0.2, -0.15) is 4.37 Å². The van der Waals surface area contributed by atoms with Crippen LogP contribution in [0.5, 0.6) is 0 Å². The van der Waals surface area contributed by atoms with E-state index in [4.69, 9.17) is 0 Å². The van der Waals surface area contributed by atoms with Crippen LogP contribution in [0.1, 0.15) is 45.4 Å². The number of hydrogen-bond acceptors (Lipinski definition) is 5. The Kier molecular flexibility index (Phi) is 6.43. The summed E-state index contributed by atoms with van der Waals surface area (Å²) in [7, 11) is -3.24. The van der Waals surface area contributed by atoms with Gasteiger partial charge in [0, 0.05) is 11.5 Å². The van der Waals surface area contributed by atoms with Crippen LogP contribution < -0.4 is 4.72 Å². The fourth-order valence-electron chi connectivity index (χ4n) is 1.47. The van der Waals surface area contributed by atoms with Gasteiger partial charge in [0.1, 0.15) is 6.33 Å². The minimum Gasteiger partial charge on any atom is -0.257 e. The first-order valence-corrected chi connectivity index (χ1v) is 8.34. The Morgan fingerprint density at radius 1 is 1.24 bits per heavy atom. The van der Waals surface area contributed by atoms with E-state index in [9.17, 15) is 8.42 Å². The van der Waals surface area contributed by atoms with Crippen molar-refractivity contribution >= 4 is 26.7 Å². The van der Waals surface area contributed by atoms with E-state index < -0.39 is 10.0 Å². The number of anilines is 1. The summed E-state index contributed by atoms with van der Waals surface area (Å²) in [6.07, 6.45) is 7.76. The van der Waals surface area contributed by atoms with Gasteiger partial charge >= 0.3 is 0 Å². The molecule has 0 aliphatic carbocycles. The number of nitrogens with one attached hydrogen (secondary N) is 1. The topological polar surface area (TPSA) is 72.0 Å². The standard InChI is InChI=1S/C10H19N3O2S2/c1-2-3-4-5-6-7-8-17(14,15)13-10-11-9-12-16-10/h9H,2-8H2,1H3,(H,11,12,13). The maximum absolute atomic E-state index is 11.6. The molecule has 17 heavy (non-hydrogen) atoms. The van der Waals surface area contributed by atoms with Crippen LogP contribution in [0, 0.1) is 0 Å². The predicted octanol–water partition coefficient (Wildman–Crippen LogP) is 2.64. The first-order valence-electron chi connectivity index (χ1n) is 5.91. The summed E-state index contributed by atoms with van der Waals surface area (Å²) in [4.78, 5) is 3.79. The molecule has 1 heterocycles. The van der Waals surface area contributed by atoms with Crippen molar-refractivity contribution in [3.8, 4) is 0 Å². The normalized spacial score (nSPS) is 11.6. The highest BCUT2D eigenvalue weighted by molar-refractivity contribution is 7.92. The van der Waals surface area contributed by atoms with Gasteiger partial charge < -0.3 is 0 Å². The summed E-state index contributed by atoms with van der Waals surface area (Å²) in [5.41, 5.74) is 0. The van der Waals surface area contributed by atoms with Gasteiger partial charge in [-0.3, -0.25) is 4.72 Å². The Labute approximate surface area is 107 Å². The molecule has 1 N–H and O–H groups in total. The van der Waals surface area contributed by atoms with E-state index in [1.54, 1.807) is 0 Å². The minimum atomic E-state index is -3.24. The molecule has 0 unspecified atom stereocenters. The molecule has 0 saturated heterocycles. The van der Waals surface area contributed by atoms with Gasteiger partial charge in [0.2, 0.25) is 15.2 Å². The molecule has 0 aliphatic rings. The van der Waals surface area contributed by atoms with Crippen LogP contribution in [0.15, 0.2) is 6.33 Å². The van der Waals surface area contributed by atoms with Crippen molar-refractivity contribution in [2.45, 2.75) is 45.4 Å². The molecule has 0 atom stereocenters. The number of rotatable bonds is 9. The monoisotopic (exact) mass is 277 g/mol. The Hall–Kier alpha value is -0.690. The maximum atomic E-state index is 11.6. The number of hydrogen-bond donors (Lipinski definition) is 1. The Balaban J connectivity index is 2.17. The molecule has 0 bridgehead atoms.